The first kappa shape index (κ1) is 15.6. The second-order valence-corrected chi connectivity index (χ2v) is 6.41. The van der Waals surface area contributed by atoms with Crippen molar-refractivity contribution >= 4 is 16.8 Å². The van der Waals surface area contributed by atoms with Crippen LogP contribution in [0.3, 0.4) is 0 Å². The summed E-state index contributed by atoms with van der Waals surface area (Å²) in [6.45, 7) is 0. The third kappa shape index (κ3) is 3.48. The van der Waals surface area contributed by atoms with E-state index in [1.807, 2.05) is 48.5 Å². The smallest absolute Gasteiger partial charge is 0.251 e. The molecule has 1 aromatic heterocycles. The number of fused-ring (bicyclic) bond motifs is 1. The number of nitrogens with zero attached hydrogens (tertiary/aromatic N) is 1. The number of amides is 1. The monoisotopic (exact) mass is 332 g/mol. The van der Waals surface area contributed by atoms with Crippen molar-refractivity contribution in [1.82, 2.24) is 10.3 Å². The van der Waals surface area contributed by atoms with Gasteiger partial charge >= 0.3 is 0 Å². The molecule has 0 unspecified atom stereocenters. The summed E-state index contributed by atoms with van der Waals surface area (Å²) < 4.78 is 6.03. The first-order valence-electron chi connectivity index (χ1n) is 8.72. The van der Waals surface area contributed by atoms with Crippen LogP contribution in [0.2, 0.25) is 0 Å². The molecule has 4 heteroatoms. The van der Waals surface area contributed by atoms with Gasteiger partial charge in [-0.3, -0.25) is 9.78 Å². The summed E-state index contributed by atoms with van der Waals surface area (Å²) in [4.78, 5) is 16.8. The van der Waals surface area contributed by atoms with E-state index in [0.717, 1.165) is 29.5 Å². The van der Waals surface area contributed by atoms with E-state index in [1.165, 1.54) is 12.8 Å². The molecule has 1 fully saturated rings. The second-order valence-electron chi connectivity index (χ2n) is 6.41. The minimum Gasteiger partial charge on any atom is -0.457 e. The highest BCUT2D eigenvalue weighted by molar-refractivity contribution is 5.94. The number of hydrogen-bond acceptors (Lipinski definition) is 3. The van der Waals surface area contributed by atoms with Crippen LogP contribution in [0.4, 0.5) is 0 Å². The van der Waals surface area contributed by atoms with Crippen molar-refractivity contribution in [3.8, 4) is 11.5 Å². The summed E-state index contributed by atoms with van der Waals surface area (Å²) in [6, 6.07) is 17.3. The Morgan fingerprint density at radius 2 is 1.88 bits per heavy atom. The third-order valence-corrected chi connectivity index (χ3v) is 4.62. The van der Waals surface area contributed by atoms with Gasteiger partial charge in [0.1, 0.15) is 11.5 Å². The number of carbonyl (C=O) groups is 1. The molecule has 4 nitrogen and oxygen atoms in total. The van der Waals surface area contributed by atoms with Crippen LogP contribution in [-0.4, -0.2) is 16.9 Å². The molecular weight excluding hydrogens is 312 g/mol. The van der Waals surface area contributed by atoms with Crippen LogP contribution in [0.1, 0.15) is 36.0 Å². The van der Waals surface area contributed by atoms with E-state index in [1.54, 1.807) is 12.3 Å². The molecule has 126 valence electrons. The Balaban J connectivity index is 1.55. The Labute approximate surface area is 146 Å². The molecule has 1 heterocycles. The number of pyridine rings is 1. The molecule has 4 rings (SSSR count). The predicted molar refractivity (Wildman–Crippen MR) is 98.0 cm³/mol. The maximum atomic E-state index is 12.4. The minimum atomic E-state index is -0.0306. The largest absolute Gasteiger partial charge is 0.457 e. The SMILES string of the molecule is O=C(NC1CCCC1)c1cccc(Oc2ccnc3ccccc23)c1. The minimum absolute atomic E-state index is 0.0306. The molecule has 0 bridgehead atoms. The van der Waals surface area contributed by atoms with Crippen molar-refractivity contribution in [3.05, 3.63) is 66.4 Å². The van der Waals surface area contributed by atoms with Crippen molar-refractivity contribution in [2.24, 2.45) is 0 Å². The highest BCUT2D eigenvalue weighted by Crippen LogP contribution is 2.29. The Hall–Kier alpha value is -2.88. The zero-order valence-corrected chi connectivity index (χ0v) is 13.9. The van der Waals surface area contributed by atoms with Gasteiger partial charge in [-0.25, -0.2) is 0 Å². The summed E-state index contributed by atoms with van der Waals surface area (Å²) in [6.07, 6.45) is 6.27. The molecule has 1 amide bonds. The standard InChI is InChI=1S/C21H20N2O2/c24-21(23-16-7-1-2-8-16)15-6-5-9-17(14-15)25-20-12-13-22-19-11-4-3-10-18(19)20/h3-6,9-14,16H,1-2,7-8H2,(H,23,24). The van der Waals surface area contributed by atoms with Gasteiger partial charge in [0.05, 0.1) is 5.52 Å². The molecular formula is C21H20N2O2. The molecule has 0 radical (unpaired) electrons. The molecule has 3 aromatic rings. The highest BCUT2D eigenvalue weighted by Gasteiger charge is 2.18. The van der Waals surface area contributed by atoms with Gasteiger partial charge in [-0.2, -0.15) is 0 Å². The Morgan fingerprint density at radius 1 is 1.04 bits per heavy atom. The van der Waals surface area contributed by atoms with Crippen LogP contribution in [0, 0.1) is 0 Å². The predicted octanol–water partition coefficient (Wildman–Crippen LogP) is 4.70. The summed E-state index contributed by atoms with van der Waals surface area (Å²) in [7, 11) is 0. The van der Waals surface area contributed by atoms with Gasteiger partial charge < -0.3 is 10.1 Å². The molecule has 1 N–H and O–H groups in total. The number of ether oxygens (including phenoxy) is 1. The summed E-state index contributed by atoms with van der Waals surface area (Å²) in [5.74, 6) is 1.35. The number of nitrogens with one attached hydrogen (secondary N) is 1. The van der Waals surface area contributed by atoms with Gasteiger partial charge in [-0.15, -0.1) is 0 Å². The lowest BCUT2D eigenvalue weighted by Gasteiger charge is -2.13. The number of rotatable bonds is 4. The van der Waals surface area contributed by atoms with E-state index in [9.17, 15) is 4.79 Å². The van der Waals surface area contributed by atoms with E-state index in [2.05, 4.69) is 10.3 Å². The Bertz CT molecular complexity index is 896. The zero-order valence-electron chi connectivity index (χ0n) is 13.9. The molecule has 2 aromatic carbocycles. The molecule has 0 atom stereocenters. The highest BCUT2D eigenvalue weighted by atomic mass is 16.5. The average molecular weight is 332 g/mol. The van der Waals surface area contributed by atoms with Crippen molar-refractivity contribution in [3.63, 3.8) is 0 Å². The summed E-state index contributed by atoms with van der Waals surface area (Å²) in [5.41, 5.74) is 1.51. The molecule has 25 heavy (non-hydrogen) atoms. The van der Waals surface area contributed by atoms with Crippen LogP contribution in [0.5, 0.6) is 11.5 Å². The third-order valence-electron chi connectivity index (χ3n) is 4.62. The van der Waals surface area contributed by atoms with Crippen molar-refractivity contribution in [2.45, 2.75) is 31.7 Å². The fourth-order valence-corrected chi connectivity index (χ4v) is 3.33. The van der Waals surface area contributed by atoms with Crippen LogP contribution < -0.4 is 10.1 Å². The first-order chi connectivity index (χ1) is 12.3. The lowest BCUT2D eigenvalue weighted by Crippen LogP contribution is -2.32. The van der Waals surface area contributed by atoms with E-state index in [0.29, 0.717) is 17.4 Å². The molecule has 1 aliphatic rings. The number of para-hydroxylation sites is 1. The lowest BCUT2D eigenvalue weighted by atomic mass is 10.1. The van der Waals surface area contributed by atoms with Crippen molar-refractivity contribution in [2.75, 3.05) is 0 Å². The van der Waals surface area contributed by atoms with E-state index in [4.69, 9.17) is 4.74 Å². The fraction of sp³-hybridized carbons (Fsp3) is 0.238. The molecule has 0 spiro atoms. The first-order valence-corrected chi connectivity index (χ1v) is 8.72. The molecule has 0 aliphatic heterocycles. The number of benzene rings is 2. The maximum absolute atomic E-state index is 12.4. The molecule has 0 saturated heterocycles. The van der Waals surface area contributed by atoms with Crippen LogP contribution in [0.15, 0.2) is 60.8 Å². The summed E-state index contributed by atoms with van der Waals surface area (Å²) >= 11 is 0. The van der Waals surface area contributed by atoms with Gasteiger partial charge in [0.25, 0.3) is 5.91 Å². The normalized spacial score (nSPS) is 14.6. The Kier molecular flexibility index (Phi) is 4.34. The number of hydrogen-bond donors (Lipinski definition) is 1. The van der Waals surface area contributed by atoms with Gasteiger partial charge in [-0.05, 0) is 49.2 Å². The van der Waals surface area contributed by atoms with Crippen molar-refractivity contribution in [1.29, 1.82) is 0 Å². The van der Waals surface area contributed by atoms with Gasteiger partial charge in [0.15, 0.2) is 0 Å². The maximum Gasteiger partial charge on any atom is 0.251 e. The lowest BCUT2D eigenvalue weighted by molar-refractivity contribution is 0.0937. The molecule has 1 aliphatic carbocycles. The molecule has 1 saturated carbocycles. The summed E-state index contributed by atoms with van der Waals surface area (Å²) in [5, 5.41) is 4.06. The fourth-order valence-electron chi connectivity index (χ4n) is 3.33. The Morgan fingerprint density at radius 3 is 2.76 bits per heavy atom. The van der Waals surface area contributed by atoms with Gasteiger partial charge in [0.2, 0.25) is 0 Å². The van der Waals surface area contributed by atoms with Crippen LogP contribution in [-0.2, 0) is 0 Å². The van der Waals surface area contributed by atoms with Crippen LogP contribution in [0.25, 0.3) is 10.9 Å². The topological polar surface area (TPSA) is 51.2 Å². The quantitative estimate of drug-likeness (QED) is 0.753. The van der Waals surface area contributed by atoms with Gasteiger partial charge in [0, 0.05) is 23.2 Å². The number of aromatic nitrogens is 1. The van der Waals surface area contributed by atoms with Gasteiger partial charge in [-0.1, -0.05) is 31.0 Å². The zero-order chi connectivity index (χ0) is 17.1. The van der Waals surface area contributed by atoms with E-state index < -0.39 is 0 Å². The van der Waals surface area contributed by atoms with E-state index >= 15 is 0 Å². The van der Waals surface area contributed by atoms with E-state index in [-0.39, 0.29) is 5.91 Å². The van der Waals surface area contributed by atoms with Crippen LogP contribution >= 0.6 is 0 Å². The second kappa shape index (κ2) is 6.93. The average Bonchev–Trinajstić information content (AvgIpc) is 3.15. The number of carbonyl (C=O) groups excluding carboxylic acids is 1. The van der Waals surface area contributed by atoms with Crippen molar-refractivity contribution < 1.29 is 9.53 Å².